The summed E-state index contributed by atoms with van der Waals surface area (Å²) >= 11 is 0. The lowest BCUT2D eigenvalue weighted by molar-refractivity contribution is -0.136. The number of carbonyl (C=O) groups is 2. The molecule has 0 saturated carbocycles. The van der Waals surface area contributed by atoms with Gasteiger partial charge in [-0.3, -0.25) is 9.59 Å². The SMILES string of the molecule is CCCNS(=O)(=O)c1ccc(C(=O)N2CC[C@@]34OCCN3C(=O)C[C@@H]24)cc1. The van der Waals surface area contributed by atoms with Crippen LogP contribution in [-0.2, 0) is 19.6 Å². The van der Waals surface area contributed by atoms with Crippen LogP contribution in [0, 0.1) is 0 Å². The summed E-state index contributed by atoms with van der Waals surface area (Å²) in [7, 11) is -3.56. The Kier molecular flexibility index (Phi) is 4.48. The molecular formula is C18H23N3O5S. The van der Waals surface area contributed by atoms with Gasteiger partial charge in [0, 0.05) is 31.6 Å². The Morgan fingerprint density at radius 2 is 2.04 bits per heavy atom. The molecule has 0 unspecified atom stereocenters. The van der Waals surface area contributed by atoms with Gasteiger partial charge < -0.3 is 14.5 Å². The first kappa shape index (κ1) is 18.4. The van der Waals surface area contributed by atoms with E-state index in [1.54, 1.807) is 9.80 Å². The predicted molar refractivity (Wildman–Crippen MR) is 96.4 cm³/mol. The molecule has 146 valence electrons. The molecule has 9 heteroatoms. The number of nitrogens with one attached hydrogen (secondary N) is 1. The predicted octanol–water partition coefficient (Wildman–Crippen LogP) is 0.548. The molecule has 2 amide bonds. The quantitative estimate of drug-likeness (QED) is 0.788. The molecule has 3 heterocycles. The zero-order valence-electron chi connectivity index (χ0n) is 15.2. The number of nitrogens with zero attached hydrogens (tertiary/aromatic N) is 2. The zero-order valence-corrected chi connectivity index (χ0v) is 16.0. The molecule has 2 atom stereocenters. The van der Waals surface area contributed by atoms with Crippen molar-refractivity contribution in [2.45, 2.75) is 42.8 Å². The number of carbonyl (C=O) groups excluding carboxylic acids is 2. The maximum Gasteiger partial charge on any atom is 0.254 e. The first-order valence-electron chi connectivity index (χ1n) is 9.24. The second kappa shape index (κ2) is 6.57. The molecule has 0 aliphatic carbocycles. The van der Waals surface area contributed by atoms with Crippen LogP contribution in [0.4, 0.5) is 0 Å². The second-order valence-corrected chi connectivity index (χ2v) is 8.90. The average molecular weight is 393 g/mol. The Balaban J connectivity index is 1.53. The van der Waals surface area contributed by atoms with Crippen LogP contribution in [0.5, 0.6) is 0 Å². The monoisotopic (exact) mass is 393 g/mol. The number of hydrogen-bond donors (Lipinski definition) is 1. The molecule has 1 aromatic rings. The minimum absolute atomic E-state index is 0.0263. The molecule has 1 spiro atoms. The summed E-state index contributed by atoms with van der Waals surface area (Å²) in [6, 6.07) is 5.65. The van der Waals surface area contributed by atoms with Crippen molar-refractivity contribution >= 4 is 21.8 Å². The summed E-state index contributed by atoms with van der Waals surface area (Å²) in [4.78, 5) is 28.8. The first-order chi connectivity index (χ1) is 12.9. The normalized spacial score (nSPS) is 27.1. The summed E-state index contributed by atoms with van der Waals surface area (Å²) in [5, 5.41) is 0. The molecule has 3 aliphatic heterocycles. The van der Waals surface area contributed by atoms with Crippen molar-refractivity contribution in [2.75, 3.05) is 26.2 Å². The molecule has 1 N–H and O–H groups in total. The lowest BCUT2D eigenvalue weighted by Gasteiger charge is -2.31. The molecule has 27 heavy (non-hydrogen) atoms. The van der Waals surface area contributed by atoms with Gasteiger partial charge >= 0.3 is 0 Å². The molecule has 8 nitrogen and oxygen atoms in total. The van der Waals surface area contributed by atoms with Crippen LogP contribution >= 0.6 is 0 Å². The average Bonchev–Trinajstić information content (AvgIpc) is 3.31. The van der Waals surface area contributed by atoms with Gasteiger partial charge in [-0.15, -0.1) is 0 Å². The fourth-order valence-corrected chi connectivity index (χ4v) is 5.43. The van der Waals surface area contributed by atoms with Crippen LogP contribution in [0.25, 0.3) is 0 Å². The maximum absolute atomic E-state index is 13.0. The van der Waals surface area contributed by atoms with Crippen LogP contribution in [0.15, 0.2) is 29.2 Å². The van der Waals surface area contributed by atoms with Crippen LogP contribution in [0.3, 0.4) is 0 Å². The minimum Gasteiger partial charge on any atom is -0.351 e. The summed E-state index contributed by atoms with van der Waals surface area (Å²) in [5.41, 5.74) is -0.259. The summed E-state index contributed by atoms with van der Waals surface area (Å²) in [6.07, 6.45) is 1.59. The molecular weight excluding hydrogens is 370 g/mol. The molecule has 3 saturated heterocycles. The molecule has 0 radical (unpaired) electrons. The van der Waals surface area contributed by atoms with E-state index < -0.39 is 15.7 Å². The van der Waals surface area contributed by atoms with E-state index in [0.29, 0.717) is 44.6 Å². The van der Waals surface area contributed by atoms with Crippen molar-refractivity contribution in [2.24, 2.45) is 0 Å². The molecule has 3 aliphatic rings. The van der Waals surface area contributed by atoms with Crippen molar-refractivity contribution in [3.63, 3.8) is 0 Å². The molecule has 0 aromatic heterocycles. The van der Waals surface area contributed by atoms with E-state index in [2.05, 4.69) is 4.72 Å². The number of benzene rings is 1. The fraction of sp³-hybridized carbons (Fsp3) is 0.556. The van der Waals surface area contributed by atoms with Gasteiger partial charge in [-0.25, -0.2) is 13.1 Å². The number of sulfonamides is 1. The van der Waals surface area contributed by atoms with Gasteiger partial charge in [0.1, 0.15) is 0 Å². The third-order valence-corrected chi connectivity index (χ3v) is 7.09. The van der Waals surface area contributed by atoms with Crippen LogP contribution in [-0.4, -0.2) is 68.0 Å². The van der Waals surface area contributed by atoms with E-state index in [4.69, 9.17) is 4.74 Å². The Bertz CT molecular complexity index is 869. The van der Waals surface area contributed by atoms with E-state index in [1.807, 2.05) is 6.92 Å². The zero-order chi connectivity index (χ0) is 19.2. The van der Waals surface area contributed by atoms with E-state index in [1.165, 1.54) is 24.3 Å². The Morgan fingerprint density at radius 1 is 1.30 bits per heavy atom. The van der Waals surface area contributed by atoms with Gasteiger partial charge in [-0.2, -0.15) is 0 Å². The van der Waals surface area contributed by atoms with Gasteiger partial charge in [0.2, 0.25) is 15.9 Å². The van der Waals surface area contributed by atoms with Gasteiger partial charge in [0.15, 0.2) is 5.72 Å². The number of amides is 2. The fourth-order valence-electron chi connectivity index (χ4n) is 4.30. The van der Waals surface area contributed by atoms with Crippen LogP contribution in [0.1, 0.15) is 36.5 Å². The lowest BCUT2D eigenvalue weighted by Crippen LogP contribution is -2.48. The van der Waals surface area contributed by atoms with Crippen LogP contribution < -0.4 is 4.72 Å². The van der Waals surface area contributed by atoms with E-state index in [9.17, 15) is 18.0 Å². The topological polar surface area (TPSA) is 96.0 Å². The van der Waals surface area contributed by atoms with E-state index >= 15 is 0 Å². The van der Waals surface area contributed by atoms with E-state index in [0.717, 1.165) is 0 Å². The van der Waals surface area contributed by atoms with Crippen molar-refractivity contribution < 1.29 is 22.7 Å². The summed E-state index contributed by atoms with van der Waals surface area (Å²) < 4.78 is 32.8. The summed E-state index contributed by atoms with van der Waals surface area (Å²) in [6.45, 7) is 3.85. The van der Waals surface area contributed by atoms with E-state index in [-0.39, 0.29) is 29.2 Å². The minimum atomic E-state index is -3.56. The molecule has 0 bridgehead atoms. The number of hydrogen-bond acceptors (Lipinski definition) is 5. The summed E-state index contributed by atoms with van der Waals surface area (Å²) in [5.74, 6) is -0.175. The first-order valence-corrected chi connectivity index (χ1v) is 10.7. The van der Waals surface area contributed by atoms with Gasteiger partial charge in [0.05, 0.1) is 24.0 Å². The van der Waals surface area contributed by atoms with Crippen molar-refractivity contribution in [3.8, 4) is 0 Å². The largest absolute Gasteiger partial charge is 0.351 e. The number of rotatable bonds is 5. The van der Waals surface area contributed by atoms with Gasteiger partial charge in [-0.05, 0) is 30.7 Å². The van der Waals surface area contributed by atoms with Crippen molar-refractivity contribution in [3.05, 3.63) is 29.8 Å². The number of ether oxygens (including phenoxy) is 1. The molecule has 3 fully saturated rings. The van der Waals surface area contributed by atoms with Crippen molar-refractivity contribution in [1.82, 2.24) is 14.5 Å². The lowest BCUT2D eigenvalue weighted by atomic mass is 10.1. The third kappa shape index (κ3) is 2.84. The standard InChI is InChI=1S/C18H23N3O5S/c1-2-8-19-27(24,25)14-5-3-13(4-6-14)17(23)20-9-7-18-15(20)12-16(22)21(18)10-11-26-18/h3-6,15,19H,2,7-12H2,1H3/t15-,18+/m1/s1. The maximum atomic E-state index is 13.0. The molecule has 4 rings (SSSR count). The highest BCUT2D eigenvalue weighted by atomic mass is 32.2. The second-order valence-electron chi connectivity index (χ2n) is 7.13. The number of likely N-dealkylation sites (tertiary alicyclic amines) is 1. The van der Waals surface area contributed by atoms with Crippen LogP contribution in [0.2, 0.25) is 0 Å². The highest BCUT2D eigenvalue weighted by molar-refractivity contribution is 7.89. The molecule has 1 aromatic carbocycles. The Hall–Kier alpha value is -1.97. The Labute approximate surface area is 158 Å². The van der Waals surface area contributed by atoms with Gasteiger partial charge in [0.25, 0.3) is 5.91 Å². The van der Waals surface area contributed by atoms with Crippen molar-refractivity contribution in [1.29, 1.82) is 0 Å². The third-order valence-electron chi connectivity index (χ3n) is 5.62. The highest BCUT2D eigenvalue weighted by Crippen LogP contribution is 2.45. The highest BCUT2D eigenvalue weighted by Gasteiger charge is 2.62. The smallest absolute Gasteiger partial charge is 0.254 e. The Morgan fingerprint density at radius 3 is 2.74 bits per heavy atom. The van der Waals surface area contributed by atoms with Gasteiger partial charge in [-0.1, -0.05) is 6.92 Å².